The summed E-state index contributed by atoms with van der Waals surface area (Å²) in [5, 5.41) is 10.2. The van der Waals surface area contributed by atoms with Gasteiger partial charge in [-0.15, -0.1) is 0 Å². The van der Waals surface area contributed by atoms with Gasteiger partial charge in [-0.05, 0) is 60.9 Å². The number of hydrogen-bond acceptors (Lipinski definition) is 3. The van der Waals surface area contributed by atoms with Gasteiger partial charge in [0.05, 0.1) is 18.6 Å². The standard InChI is InChI=1S/C27H31N3O2/c1-2-3-15-32-25-17-22-24(16-20(25)11-8-14-28)30(18-19-9-5-4-6-10-19)23-13-7-12-21(26(22)23)27(29)31/h4-6,9-10,16-17,21H,2-3,7-8,11-13,15,18H2,1H3,(H2,29,31). The zero-order chi connectivity index (χ0) is 22.5. The van der Waals surface area contributed by atoms with Crippen LogP contribution in [0.5, 0.6) is 5.75 Å². The maximum atomic E-state index is 12.4. The van der Waals surface area contributed by atoms with Crippen LogP contribution in [0.2, 0.25) is 0 Å². The SMILES string of the molecule is CCCCOc1cc2c3c(n(Cc4ccccc4)c2cc1CCC#N)CCCC3C(N)=O. The Kier molecular flexibility index (Phi) is 6.80. The van der Waals surface area contributed by atoms with Gasteiger partial charge in [-0.25, -0.2) is 0 Å². The van der Waals surface area contributed by atoms with E-state index in [0.717, 1.165) is 66.4 Å². The lowest BCUT2D eigenvalue weighted by Gasteiger charge is -2.22. The first-order chi connectivity index (χ1) is 15.6. The molecular weight excluding hydrogens is 398 g/mol. The number of carbonyl (C=O) groups is 1. The lowest BCUT2D eigenvalue weighted by Crippen LogP contribution is -2.25. The van der Waals surface area contributed by atoms with E-state index in [1.807, 2.05) is 6.07 Å². The van der Waals surface area contributed by atoms with Crippen molar-refractivity contribution in [2.45, 2.75) is 64.3 Å². The average molecular weight is 430 g/mol. The molecule has 3 aromatic rings. The molecule has 2 aromatic carbocycles. The molecule has 1 aliphatic rings. The van der Waals surface area contributed by atoms with Gasteiger partial charge in [0.1, 0.15) is 5.75 Å². The van der Waals surface area contributed by atoms with Gasteiger partial charge in [-0.3, -0.25) is 4.79 Å². The molecule has 5 heteroatoms. The van der Waals surface area contributed by atoms with Gasteiger partial charge in [0, 0.05) is 29.6 Å². The molecule has 0 bridgehead atoms. The molecule has 1 aromatic heterocycles. The highest BCUT2D eigenvalue weighted by Gasteiger charge is 2.31. The first-order valence-corrected chi connectivity index (χ1v) is 11.6. The molecule has 166 valence electrons. The minimum atomic E-state index is -0.272. The third-order valence-corrected chi connectivity index (χ3v) is 6.44. The van der Waals surface area contributed by atoms with Crippen LogP contribution in [-0.2, 0) is 24.2 Å². The van der Waals surface area contributed by atoms with Crippen molar-refractivity contribution in [3.8, 4) is 11.8 Å². The zero-order valence-electron chi connectivity index (χ0n) is 18.8. The number of aromatic nitrogens is 1. The van der Waals surface area contributed by atoms with Crippen molar-refractivity contribution in [3.05, 3.63) is 64.8 Å². The van der Waals surface area contributed by atoms with Crippen LogP contribution in [0.1, 0.15) is 67.3 Å². The van der Waals surface area contributed by atoms with Crippen LogP contribution in [0.25, 0.3) is 10.9 Å². The number of primary amides is 1. The fraction of sp³-hybridized carbons (Fsp3) is 0.407. The number of nitrogens with zero attached hydrogens (tertiary/aromatic N) is 2. The van der Waals surface area contributed by atoms with E-state index in [4.69, 9.17) is 10.5 Å². The second-order valence-corrected chi connectivity index (χ2v) is 8.62. The summed E-state index contributed by atoms with van der Waals surface area (Å²) in [4.78, 5) is 12.4. The smallest absolute Gasteiger partial charge is 0.225 e. The van der Waals surface area contributed by atoms with Crippen LogP contribution in [0.3, 0.4) is 0 Å². The molecule has 32 heavy (non-hydrogen) atoms. The Morgan fingerprint density at radius 2 is 2.09 bits per heavy atom. The number of carbonyl (C=O) groups excluding carboxylic acids is 1. The Labute approximate surface area is 189 Å². The summed E-state index contributed by atoms with van der Waals surface area (Å²) in [5.41, 5.74) is 11.5. The molecule has 1 amide bonds. The summed E-state index contributed by atoms with van der Waals surface area (Å²) in [6, 6.07) is 16.9. The van der Waals surface area contributed by atoms with E-state index >= 15 is 0 Å². The van der Waals surface area contributed by atoms with Crippen LogP contribution < -0.4 is 10.5 Å². The van der Waals surface area contributed by atoms with Gasteiger partial charge in [0.15, 0.2) is 0 Å². The zero-order valence-corrected chi connectivity index (χ0v) is 18.8. The number of fused-ring (bicyclic) bond motifs is 3. The number of ether oxygens (including phenoxy) is 1. The van der Waals surface area contributed by atoms with Crippen molar-refractivity contribution in [1.29, 1.82) is 5.26 Å². The second-order valence-electron chi connectivity index (χ2n) is 8.62. The molecule has 1 aliphatic carbocycles. The highest BCUT2D eigenvalue weighted by molar-refractivity contribution is 5.94. The molecule has 4 rings (SSSR count). The van der Waals surface area contributed by atoms with E-state index < -0.39 is 0 Å². The third kappa shape index (κ3) is 4.36. The van der Waals surface area contributed by atoms with Gasteiger partial charge in [0.2, 0.25) is 5.91 Å². The maximum absolute atomic E-state index is 12.4. The number of rotatable bonds is 9. The summed E-state index contributed by atoms with van der Waals surface area (Å²) < 4.78 is 8.51. The van der Waals surface area contributed by atoms with E-state index in [1.54, 1.807) is 0 Å². The number of amides is 1. The van der Waals surface area contributed by atoms with Crippen molar-refractivity contribution in [2.75, 3.05) is 6.61 Å². The van der Waals surface area contributed by atoms with Crippen LogP contribution in [0.4, 0.5) is 0 Å². The van der Waals surface area contributed by atoms with Crippen molar-refractivity contribution in [3.63, 3.8) is 0 Å². The molecule has 1 atom stereocenters. The van der Waals surface area contributed by atoms with Crippen molar-refractivity contribution in [1.82, 2.24) is 4.57 Å². The van der Waals surface area contributed by atoms with Gasteiger partial charge in [0.25, 0.3) is 0 Å². The molecular formula is C27H31N3O2. The van der Waals surface area contributed by atoms with Crippen molar-refractivity contribution < 1.29 is 9.53 Å². The van der Waals surface area contributed by atoms with Crippen LogP contribution in [0, 0.1) is 11.3 Å². The number of hydrogen-bond donors (Lipinski definition) is 1. The number of nitrogens with two attached hydrogens (primary N) is 1. The molecule has 0 spiro atoms. The molecule has 0 radical (unpaired) electrons. The topological polar surface area (TPSA) is 81.0 Å². The Bertz CT molecular complexity index is 1140. The Morgan fingerprint density at radius 1 is 1.28 bits per heavy atom. The molecule has 1 unspecified atom stereocenters. The summed E-state index contributed by atoms with van der Waals surface area (Å²) in [6.45, 7) is 3.53. The quantitative estimate of drug-likeness (QED) is 0.473. The minimum Gasteiger partial charge on any atom is -0.493 e. The number of benzene rings is 2. The lowest BCUT2D eigenvalue weighted by molar-refractivity contribution is -0.119. The van der Waals surface area contributed by atoms with E-state index in [2.05, 4.69) is 54.0 Å². The monoisotopic (exact) mass is 429 g/mol. The predicted molar refractivity (Wildman–Crippen MR) is 127 cm³/mol. The van der Waals surface area contributed by atoms with Gasteiger partial charge in [-0.1, -0.05) is 43.7 Å². The summed E-state index contributed by atoms with van der Waals surface area (Å²) in [6.07, 6.45) is 5.80. The first kappa shape index (κ1) is 22.0. The largest absolute Gasteiger partial charge is 0.493 e. The molecule has 0 aliphatic heterocycles. The Morgan fingerprint density at radius 3 is 2.81 bits per heavy atom. The molecule has 1 heterocycles. The predicted octanol–water partition coefficient (Wildman–Crippen LogP) is 5.23. The molecule has 0 saturated carbocycles. The summed E-state index contributed by atoms with van der Waals surface area (Å²) >= 11 is 0. The Balaban J connectivity index is 1.90. The van der Waals surface area contributed by atoms with Crippen LogP contribution in [-0.4, -0.2) is 17.1 Å². The van der Waals surface area contributed by atoms with E-state index in [0.29, 0.717) is 19.4 Å². The highest BCUT2D eigenvalue weighted by Crippen LogP contribution is 2.42. The maximum Gasteiger partial charge on any atom is 0.225 e. The lowest BCUT2D eigenvalue weighted by atomic mass is 9.84. The highest BCUT2D eigenvalue weighted by atomic mass is 16.5. The van der Waals surface area contributed by atoms with E-state index in [-0.39, 0.29) is 11.8 Å². The van der Waals surface area contributed by atoms with Crippen molar-refractivity contribution in [2.24, 2.45) is 5.73 Å². The average Bonchev–Trinajstić information content (AvgIpc) is 3.11. The second kappa shape index (κ2) is 9.91. The fourth-order valence-electron chi connectivity index (χ4n) is 4.85. The first-order valence-electron chi connectivity index (χ1n) is 11.6. The molecule has 0 saturated heterocycles. The Hall–Kier alpha value is -3.26. The number of unbranched alkanes of at least 4 members (excludes halogenated alkanes) is 1. The molecule has 0 fully saturated rings. The fourth-order valence-corrected chi connectivity index (χ4v) is 4.85. The third-order valence-electron chi connectivity index (χ3n) is 6.44. The van der Waals surface area contributed by atoms with Gasteiger partial charge in [-0.2, -0.15) is 5.26 Å². The van der Waals surface area contributed by atoms with Crippen molar-refractivity contribution >= 4 is 16.8 Å². The summed E-state index contributed by atoms with van der Waals surface area (Å²) in [7, 11) is 0. The normalized spacial score (nSPS) is 15.3. The van der Waals surface area contributed by atoms with Gasteiger partial charge >= 0.3 is 0 Å². The van der Waals surface area contributed by atoms with E-state index in [9.17, 15) is 10.1 Å². The van der Waals surface area contributed by atoms with Crippen LogP contribution in [0.15, 0.2) is 42.5 Å². The van der Waals surface area contributed by atoms with Crippen LogP contribution >= 0.6 is 0 Å². The minimum absolute atomic E-state index is 0.258. The number of nitriles is 1. The van der Waals surface area contributed by atoms with E-state index in [1.165, 1.54) is 11.3 Å². The molecule has 5 nitrogen and oxygen atoms in total. The summed E-state index contributed by atoms with van der Waals surface area (Å²) in [5.74, 6) is 0.299. The molecule has 2 N–H and O–H groups in total. The van der Waals surface area contributed by atoms with Gasteiger partial charge < -0.3 is 15.0 Å². The number of aryl methyl sites for hydroxylation is 1.